The van der Waals surface area contributed by atoms with E-state index in [2.05, 4.69) is 71.9 Å². The third kappa shape index (κ3) is 2.48. The van der Waals surface area contributed by atoms with Gasteiger partial charge in [0.25, 0.3) is 0 Å². The van der Waals surface area contributed by atoms with Crippen molar-refractivity contribution >= 4 is 21.9 Å². The van der Waals surface area contributed by atoms with Crippen molar-refractivity contribution in [2.24, 2.45) is 0 Å². The number of nitrogens with zero attached hydrogens (tertiary/aromatic N) is 3. The lowest BCUT2D eigenvalue weighted by atomic mass is 10.1. The van der Waals surface area contributed by atoms with E-state index < -0.39 is 0 Å². The molecule has 0 fully saturated rings. The summed E-state index contributed by atoms with van der Waals surface area (Å²) in [5.74, 6) is 1.05. The molecule has 0 spiro atoms. The van der Waals surface area contributed by atoms with Crippen LogP contribution in [0.4, 0.5) is 0 Å². The highest BCUT2D eigenvalue weighted by Gasteiger charge is 2.12. The molecule has 0 saturated carbocycles. The molecule has 4 aromatic rings. The second kappa shape index (κ2) is 5.51. The highest BCUT2D eigenvalue weighted by molar-refractivity contribution is 6.02. The molecule has 0 saturated heterocycles. The number of benzene rings is 2. The number of pyridine rings is 1. The zero-order valence-electron chi connectivity index (χ0n) is 13.5. The average molecular weight is 301 g/mol. The van der Waals surface area contributed by atoms with E-state index in [4.69, 9.17) is 4.98 Å². The van der Waals surface area contributed by atoms with Gasteiger partial charge in [-0.15, -0.1) is 0 Å². The van der Waals surface area contributed by atoms with Gasteiger partial charge in [0.1, 0.15) is 11.3 Å². The summed E-state index contributed by atoms with van der Waals surface area (Å²) in [6.07, 6.45) is 2.89. The summed E-state index contributed by atoms with van der Waals surface area (Å²) in [5.41, 5.74) is 5.81. The lowest BCUT2D eigenvalue weighted by molar-refractivity contribution is 0.693. The van der Waals surface area contributed by atoms with Crippen molar-refractivity contribution in [2.75, 3.05) is 0 Å². The monoisotopic (exact) mass is 301 g/mol. The van der Waals surface area contributed by atoms with Crippen LogP contribution in [0.1, 0.15) is 17.0 Å². The van der Waals surface area contributed by atoms with E-state index in [0.717, 1.165) is 29.8 Å². The van der Waals surface area contributed by atoms with E-state index in [0.29, 0.717) is 0 Å². The number of aromatic nitrogens is 3. The molecule has 0 radical (unpaired) electrons. The van der Waals surface area contributed by atoms with E-state index in [1.807, 2.05) is 6.20 Å². The molecule has 23 heavy (non-hydrogen) atoms. The van der Waals surface area contributed by atoms with Crippen molar-refractivity contribution in [2.45, 2.75) is 26.8 Å². The molecule has 4 rings (SSSR count). The molecule has 2 aromatic carbocycles. The fraction of sp³-hybridized carbons (Fsp3) is 0.200. The number of imidazole rings is 1. The normalized spacial score (nSPS) is 11.4. The SMILES string of the molecule is Cc1ccc2ncc3nc(C)n(CCc4ccccc4)c3c2c1. The number of aryl methyl sites for hydroxylation is 4. The summed E-state index contributed by atoms with van der Waals surface area (Å²) in [6.45, 7) is 5.13. The molecule has 114 valence electrons. The molecule has 0 aliphatic heterocycles. The van der Waals surface area contributed by atoms with Crippen molar-refractivity contribution in [3.8, 4) is 0 Å². The fourth-order valence-corrected chi connectivity index (χ4v) is 3.20. The minimum Gasteiger partial charge on any atom is -0.327 e. The summed E-state index contributed by atoms with van der Waals surface area (Å²) >= 11 is 0. The smallest absolute Gasteiger partial charge is 0.108 e. The van der Waals surface area contributed by atoms with Gasteiger partial charge in [-0.2, -0.15) is 0 Å². The van der Waals surface area contributed by atoms with Gasteiger partial charge in [-0.3, -0.25) is 4.98 Å². The molecule has 2 aromatic heterocycles. The van der Waals surface area contributed by atoms with Crippen molar-refractivity contribution < 1.29 is 0 Å². The van der Waals surface area contributed by atoms with Crippen LogP contribution in [0.15, 0.2) is 54.7 Å². The Morgan fingerprint density at radius 2 is 1.78 bits per heavy atom. The van der Waals surface area contributed by atoms with Crippen LogP contribution < -0.4 is 0 Å². The van der Waals surface area contributed by atoms with Crippen LogP contribution >= 0.6 is 0 Å². The first-order chi connectivity index (χ1) is 11.2. The molecule has 0 aliphatic rings. The van der Waals surface area contributed by atoms with Crippen LogP contribution in [-0.4, -0.2) is 14.5 Å². The molecular weight excluding hydrogens is 282 g/mol. The van der Waals surface area contributed by atoms with E-state index in [1.54, 1.807) is 0 Å². The predicted molar refractivity (Wildman–Crippen MR) is 94.7 cm³/mol. The lowest BCUT2D eigenvalue weighted by Gasteiger charge is -2.09. The van der Waals surface area contributed by atoms with Gasteiger partial charge in [0, 0.05) is 11.9 Å². The predicted octanol–water partition coefficient (Wildman–Crippen LogP) is 4.44. The maximum absolute atomic E-state index is 4.71. The Morgan fingerprint density at radius 1 is 0.957 bits per heavy atom. The largest absolute Gasteiger partial charge is 0.327 e. The van der Waals surface area contributed by atoms with Gasteiger partial charge in [0.15, 0.2) is 0 Å². The molecule has 0 N–H and O–H groups in total. The van der Waals surface area contributed by atoms with Crippen LogP contribution in [0.2, 0.25) is 0 Å². The van der Waals surface area contributed by atoms with Gasteiger partial charge >= 0.3 is 0 Å². The minimum atomic E-state index is 0.930. The third-order valence-corrected chi connectivity index (χ3v) is 4.39. The maximum Gasteiger partial charge on any atom is 0.108 e. The molecule has 2 heterocycles. The van der Waals surface area contributed by atoms with Crippen molar-refractivity contribution in [1.82, 2.24) is 14.5 Å². The van der Waals surface area contributed by atoms with Crippen LogP contribution in [-0.2, 0) is 13.0 Å². The summed E-state index contributed by atoms with van der Waals surface area (Å²) < 4.78 is 2.33. The van der Waals surface area contributed by atoms with Crippen LogP contribution in [0.5, 0.6) is 0 Å². The molecule has 0 bridgehead atoms. The molecule has 0 amide bonds. The number of fused-ring (bicyclic) bond motifs is 3. The van der Waals surface area contributed by atoms with Crippen LogP contribution in [0.25, 0.3) is 21.9 Å². The molecular formula is C20H19N3. The number of rotatable bonds is 3. The summed E-state index contributed by atoms with van der Waals surface area (Å²) in [4.78, 5) is 9.25. The first kappa shape index (κ1) is 13.9. The molecule has 3 nitrogen and oxygen atoms in total. The zero-order valence-corrected chi connectivity index (χ0v) is 13.5. The van der Waals surface area contributed by atoms with Gasteiger partial charge in [-0.05, 0) is 38.0 Å². The highest BCUT2D eigenvalue weighted by Crippen LogP contribution is 2.25. The second-order valence-electron chi connectivity index (χ2n) is 6.06. The van der Waals surface area contributed by atoms with E-state index in [1.165, 1.54) is 22.0 Å². The Labute approximate surface area is 135 Å². The Bertz CT molecular complexity index is 984. The molecule has 3 heteroatoms. The first-order valence-electron chi connectivity index (χ1n) is 7.98. The Hall–Kier alpha value is -2.68. The number of hydrogen-bond acceptors (Lipinski definition) is 2. The standard InChI is InChI=1S/C20H19N3/c1-14-8-9-18-17(12-14)20-19(13-21-18)22-15(2)23(20)11-10-16-6-4-3-5-7-16/h3-9,12-13H,10-11H2,1-2H3. The Morgan fingerprint density at radius 3 is 2.61 bits per heavy atom. The third-order valence-electron chi connectivity index (χ3n) is 4.39. The van der Waals surface area contributed by atoms with Gasteiger partial charge in [0.05, 0.1) is 17.2 Å². The topological polar surface area (TPSA) is 30.7 Å². The average Bonchev–Trinajstić information content (AvgIpc) is 2.89. The second-order valence-corrected chi connectivity index (χ2v) is 6.06. The van der Waals surface area contributed by atoms with Gasteiger partial charge in [-0.25, -0.2) is 4.98 Å². The summed E-state index contributed by atoms with van der Waals surface area (Å²) in [5, 5.41) is 1.19. The number of hydrogen-bond donors (Lipinski definition) is 0. The molecule has 0 atom stereocenters. The van der Waals surface area contributed by atoms with Crippen molar-refractivity contribution in [3.05, 3.63) is 71.7 Å². The van der Waals surface area contributed by atoms with Gasteiger partial charge < -0.3 is 4.57 Å². The zero-order chi connectivity index (χ0) is 15.8. The maximum atomic E-state index is 4.71. The highest BCUT2D eigenvalue weighted by atomic mass is 15.1. The van der Waals surface area contributed by atoms with Crippen LogP contribution in [0.3, 0.4) is 0 Å². The van der Waals surface area contributed by atoms with Crippen molar-refractivity contribution in [3.63, 3.8) is 0 Å². The lowest BCUT2D eigenvalue weighted by Crippen LogP contribution is -2.04. The summed E-state index contributed by atoms with van der Waals surface area (Å²) in [7, 11) is 0. The first-order valence-corrected chi connectivity index (χ1v) is 7.98. The van der Waals surface area contributed by atoms with E-state index in [9.17, 15) is 0 Å². The van der Waals surface area contributed by atoms with Gasteiger partial charge in [0.2, 0.25) is 0 Å². The van der Waals surface area contributed by atoms with Crippen LogP contribution in [0, 0.1) is 13.8 Å². The van der Waals surface area contributed by atoms with Crippen molar-refractivity contribution in [1.29, 1.82) is 0 Å². The Balaban J connectivity index is 1.84. The minimum absolute atomic E-state index is 0.930. The van der Waals surface area contributed by atoms with E-state index >= 15 is 0 Å². The Kier molecular flexibility index (Phi) is 3.34. The fourth-order valence-electron chi connectivity index (χ4n) is 3.20. The van der Waals surface area contributed by atoms with Gasteiger partial charge in [-0.1, -0.05) is 42.0 Å². The summed E-state index contributed by atoms with van der Waals surface area (Å²) in [6, 6.07) is 17.0. The van der Waals surface area contributed by atoms with E-state index in [-0.39, 0.29) is 0 Å². The quantitative estimate of drug-likeness (QED) is 0.560. The molecule has 0 aliphatic carbocycles. The molecule has 0 unspecified atom stereocenters.